The molecular formula is C12H18N4O2. The summed E-state index contributed by atoms with van der Waals surface area (Å²) in [5.74, 6) is -0.739. The van der Waals surface area contributed by atoms with Crippen LogP contribution in [0, 0.1) is 5.92 Å². The normalized spacial score (nSPS) is 13.5. The van der Waals surface area contributed by atoms with E-state index in [1.807, 2.05) is 13.8 Å². The van der Waals surface area contributed by atoms with Gasteiger partial charge in [-0.3, -0.25) is 25.4 Å². The molecule has 1 heterocycles. The van der Waals surface area contributed by atoms with E-state index in [4.69, 9.17) is 5.73 Å². The molecule has 2 unspecified atom stereocenters. The Kier molecular flexibility index (Phi) is 5.26. The lowest BCUT2D eigenvalue weighted by Gasteiger charge is -2.17. The Hall–Kier alpha value is -1.95. The number of carbonyl (C=O) groups is 2. The lowest BCUT2D eigenvalue weighted by Crippen LogP contribution is -2.51. The first-order valence-corrected chi connectivity index (χ1v) is 5.82. The highest BCUT2D eigenvalue weighted by molar-refractivity contribution is 5.95. The van der Waals surface area contributed by atoms with Crippen LogP contribution in [0.5, 0.6) is 0 Å². The van der Waals surface area contributed by atoms with Crippen LogP contribution in [-0.2, 0) is 4.79 Å². The highest BCUT2D eigenvalue weighted by Crippen LogP contribution is 2.04. The molecular weight excluding hydrogens is 232 g/mol. The van der Waals surface area contributed by atoms with Crippen LogP contribution in [0.3, 0.4) is 0 Å². The molecule has 1 aromatic rings. The summed E-state index contributed by atoms with van der Waals surface area (Å²) in [6.45, 7) is 3.84. The van der Waals surface area contributed by atoms with Gasteiger partial charge in [-0.1, -0.05) is 20.3 Å². The van der Waals surface area contributed by atoms with Crippen molar-refractivity contribution in [3.63, 3.8) is 0 Å². The number of hydrazine groups is 1. The Morgan fingerprint density at radius 1 is 1.33 bits per heavy atom. The third-order valence-corrected chi connectivity index (χ3v) is 2.80. The van der Waals surface area contributed by atoms with E-state index >= 15 is 0 Å². The van der Waals surface area contributed by atoms with Crippen molar-refractivity contribution in [1.29, 1.82) is 0 Å². The van der Waals surface area contributed by atoms with Crippen LogP contribution in [0.25, 0.3) is 0 Å². The molecule has 0 radical (unpaired) electrons. The maximum Gasteiger partial charge on any atom is 0.269 e. The summed E-state index contributed by atoms with van der Waals surface area (Å²) >= 11 is 0. The summed E-state index contributed by atoms with van der Waals surface area (Å²) in [6, 6.07) is 2.47. The molecule has 0 spiro atoms. The molecule has 0 saturated heterocycles. The van der Waals surface area contributed by atoms with E-state index in [0.29, 0.717) is 5.56 Å². The van der Waals surface area contributed by atoms with Crippen LogP contribution in [0.4, 0.5) is 0 Å². The summed E-state index contributed by atoms with van der Waals surface area (Å²) in [5, 5.41) is 0. The molecule has 6 nitrogen and oxygen atoms in total. The van der Waals surface area contributed by atoms with E-state index in [1.165, 1.54) is 12.4 Å². The second-order valence-corrected chi connectivity index (χ2v) is 4.09. The SMILES string of the molecule is CCC(C)C(N)C(=O)NNC(=O)c1ccncc1. The maximum atomic E-state index is 11.6. The minimum atomic E-state index is -0.632. The lowest BCUT2D eigenvalue weighted by molar-refractivity contribution is -0.124. The van der Waals surface area contributed by atoms with Crippen molar-refractivity contribution < 1.29 is 9.59 Å². The molecule has 6 heteroatoms. The molecule has 0 aromatic carbocycles. The number of carbonyl (C=O) groups excluding carboxylic acids is 2. The van der Waals surface area contributed by atoms with Crippen LogP contribution in [0.2, 0.25) is 0 Å². The largest absolute Gasteiger partial charge is 0.320 e. The van der Waals surface area contributed by atoms with Crippen molar-refractivity contribution in [3.05, 3.63) is 30.1 Å². The molecule has 0 aliphatic heterocycles. The Labute approximate surface area is 106 Å². The van der Waals surface area contributed by atoms with Crippen LogP contribution >= 0.6 is 0 Å². The summed E-state index contributed by atoms with van der Waals surface area (Å²) in [6.07, 6.45) is 3.80. The smallest absolute Gasteiger partial charge is 0.269 e. The van der Waals surface area contributed by atoms with Gasteiger partial charge in [-0.25, -0.2) is 0 Å². The van der Waals surface area contributed by atoms with Crippen molar-refractivity contribution >= 4 is 11.8 Å². The molecule has 0 aliphatic rings. The third-order valence-electron chi connectivity index (χ3n) is 2.80. The summed E-state index contributed by atoms with van der Waals surface area (Å²) in [5.41, 5.74) is 10.8. The van der Waals surface area contributed by atoms with Gasteiger partial charge in [0.1, 0.15) is 0 Å². The minimum absolute atomic E-state index is 0.0582. The number of hydrogen-bond donors (Lipinski definition) is 3. The first kappa shape index (κ1) is 14.1. The molecule has 1 rings (SSSR count). The highest BCUT2D eigenvalue weighted by atomic mass is 16.2. The van der Waals surface area contributed by atoms with Crippen LogP contribution in [-0.4, -0.2) is 22.8 Å². The van der Waals surface area contributed by atoms with Crippen LogP contribution in [0.15, 0.2) is 24.5 Å². The zero-order valence-electron chi connectivity index (χ0n) is 10.5. The van der Waals surface area contributed by atoms with Gasteiger partial charge in [-0.2, -0.15) is 0 Å². The average molecular weight is 250 g/mol. The van der Waals surface area contributed by atoms with E-state index in [-0.39, 0.29) is 5.92 Å². The molecule has 1 aromatic heterocycles. The number of nitrogens with one attached hydrogen (secondary N) is 2. The predicted molar refractivity (Wildman–Crippen MR) is 67.3 cm³/mol. The number of nitrogens with two attached hydrogens (primary N) is 1. The zero-order valence-corrected chi connectivity index (χ0v) is 10.5. The highest BCUT2D eigenvalue weighted by Gasteiger charge is 2.19. The van der Waals surface area contributed by atoms with Gasteiger partial charge in [0.2, 0.25) is 0 Å². The van der Waals surface area contributed by atoms with Gasteiger partial charge in [0.05, 0.1) is 6.04 Å². The predicted octanol–water partition coefficient (Wildman–Crippen LogP) is 0.216. The topological polar surface area (TPSA) is 97.1 Å². The average Bonchev–Trinajstić information content (AvgIpc) is 2.43. The second-order valence-electron chi connectivity index (χ2n) is 4.09. The first-order chi connectivity index (χ1) is 8.56. The molecule has 0 saturated carbocycles. The molecule has 0 fully saturated rings. The van der Waals surface area contributed by atoms with Crippen molar-refractivity contribution in [2.45, 2.75) is 26.3 Å². The molecule has 2 amide bonds. The fourth-order valence-electron chi connectivity index (χ4n) is 1.29. The molecule has 18 heavy (non-hydrogen) atoms. The second kappa shape index (κ2) is 6.70. The number of amides is 2. The van der Waals surface area contributed by atoms with Crippen molar-refractivity contribution in [2.24, 2.45) is 11.7 Å². The maximum absolute atomic E-state index is 11.6. The van der Waals surface area contributed by atoms with Gasteiger partial charge >= 0.3 is 0 Å². The van der Waals surface area contributed by atoms with Gasteiger partial charge < -0.3 is 5.73 Å². The van der Waals surface area contributed by atoms with E-state index < -0.39 is 17.9 Å². The third kappa shape index (κ3) is 3.81. The first-order valence-electron chi connectivity index (χ1n) is 5.82. The molecule has 0 aliphatic carbocycles. The quantitative estimate of drug-likeness (QED) is 0.666. The van der Waals surface area contributed by atoms with E-state index in [9.17, 15) is 9.59 Å². The van der Waals surface area contributed by atoms with Gasteiger partial charge in [0, 0.05) is 18.0 Å². The Bertz CT molecular complexity index is 408. The van der Waals surface area contributed by atoms with E-state index in [1.54, 1.807) is 12.1 Å². The van der Waals surface area contributed by atoms with E-state index in [2.05, 4.69) is 15.8 Å². The van der Waals surface area contributed by atoms with Gasteiger partial charge in [0.25, 0.3) is 11.8 Å². The summed E-state index contributed by atoms with van der Waals surface area (Å²) < 4.78 is 0. The van der Waals surface area contributed by atoms with Crippen molar-refractivity contribution in [2.75, 3.05) is 0 Å². The fraction of sp³-hybridized carbons (Fsp3) is 0.417. The monoisotopic (exact) mass is 250 g/mol. The Morgan fingerprint density at radius 3 is 2.50 bits per heavy atom. The Balaban J connectivity index is 2.46. The van der Waals surface area contributed by atoms with Gasteiger partial charge in [-0.05, 0) is 18.1 Å². The molecule has 4 N–H and O–H groups in total. The Morgan fingerprint density at radius 2 is 1.94 bits per heavy atom. The van der Waals surface area contributed by atoms with Crippen molar-refractivity contribution in [3.8, 4) is 0 Å². The van der Waals surface area contributed by atoms with Gasteiger partial charge in [0.15, 0.2) is 0 Å². The minimum Gasteiger partial charge on any atom is -0.320 e. The number of hydrogen-bond acceptors (Lipinski definition) is 4. The number of pyridine rings is 1. The van der Waals surface area contributed by atoms with Crippen LogP contribution in [0.1, 0.15) is 30.6 Å². The summed E-state index contributed by atoms with van der Waals surface area (Å²) in [7, 11) is 0. The van der Waals surface area contributed by atoms with Crippen LogP contribution < -0.4 is 16.6 Å². The summed E-state index contributed by atoms with van der Waals surface area (Å²) in [4.78, 5) is 27.0. The molecule has 0 bridgehead atoms. The standard InChI is InChI=1S/C12H18N4O2/c1-3-8(2)10(13)12(18)16-15-11(17)9-4-6-14-7-5-9/h4-8,10H,3,13H2,1-2H3,(H,15,17)(H,16,18). The number of nitrogens with zero attached hydrogens (tertiary/aromatic N) is 1. The number of rotatable bonds is 4. The number of aromatic nitrogens is 1. The van der Waals surface area contributed by atoms with E-state index in [0.717, 1.165) is 6.42 Å². The fourth-order valence-corrected chi connectivity index (χ4v) is 1.29. The molecule has 98 valence electrons. The molecule has 2 atom stereocenters. The zero-order chi connectivity index (χ0) is 13.5. The lowest BCUT2D eigenvalue weighted by atomic mass is 10.00. The van der Waals surface area contributed by atoms with Crippen molar-refractivity contribution in [1.82, 2.24) is 15.8 Å². The van der Waals surface area contributed by atoms with Gasteiger partial charge in [-0.15, -0.1) is 0 Å².